The molecule has 3 heterocycles. The van der Waals surface area contributed by atoms with Crippen molar-refractivity contribution in [2.45, 2.75) is 45.5 Å². The predicted molar refractivity (Wildman–Crippen MR) is 79.1 cm³/mol. The molecule has 2 aromatic rings. The highest BCUT2D eigenvalue weighted by Crippen LogP contribution is 2.30. The van der Waals surface area contributed by atoms with Gasteiger partial charge in [0, 0.05) is 32.1 Å². The van der Waals surface area contributed by atoms with Gasteiger partial charge in [-0.1, -0.05) is 12.1 Å². The van der Waals surface area contributed by atoms with E-state index in [-0.39, 0.29) is 5.92 Å². The van der Waals surface area contributed by atoms with Crippen LogP contribution in [0.25, 0.3) is 0 Å². The number of fused-ring (bicyclic) bond motifs is 1. The van der Waals surface area contributed by atoms with Gasteiger partial charge in [0.05, 0.1) is 6.54 Å². The van der Waals surface area contributed by atoms with Crippen molar-refractivity contribution in [1.82, 2.24) is 24.6 Å². The van der Waals surface area contributed by atoms with Gasteiger partial charge in [-0.15, -0.1) is 0 Å². The van der Waals surface area contributed by atoms with Gasteiger partial charge in [-0.25, -0.2) is 4.98 Å². The second-order valence-electron chi connectivity index (χ2n) is 6.25. The molecular formula is C15H20F3N5O. The summed E-state index contributed by atoms with van der Waals surface area (Å²) in [6.45, 7) is 3.82. The first-order valence-corrected chi connectivity index (χ1v) is 7.98. The molecule has 9 heteroatoms. The van der Waals surface area contributed by atoms with Crippen LogP contribution < -0.4 is 0 Å². The Bertz CT molecular complexity index is 694. The van der Waals surface area contributed by atoms with Gasteiger partial charge in [0.25, 0.3) is 0 Å². The highest BCUT2D eigenvalue weighted by Gasteiger charge is 2.35. The van der Waals surface area contributed by atoms with E-state index in [4.69, 9.17) is 4.52 Å². The molecule has 132 valence electrons. The summed E-state index contributed by atoms with van der Waals surface area (Å²) < 4.78 is 45.0. The minimum Gasteiger partial charge on any atom is -0.339 e. The van der Waals surface area contributed by atoms with Crippen LogP contribution in [-0.2, 0) is 32.1 Å². The molecule has 0 saturated carbocycles. The Morgan fingerprint density at radius 2 is 2.17 bits per heavy atom. The van der Waals surface area contributed by atoms with Crippen molar-refractivity contribution in [2.75, 3.05) is 13.6 Å². The van der Waals surface area contributed by atoms with Crippen molar-refractivity contribution in [2.24, 2.45) is 5.92 Å². The summed E-state index contributed by atoms with van der Waals surface area (Å²) >= 11 is 0. The fraction of sp³-hybridized carbons (Fsp3) is 0.667. The van der Waals surface area contributed by atoms with Crippen LogP contribution in [0.3, 0.4) is 0 Å². The molecule has 1 aliphatic rings. The quantitative estimate of drug-likeness (QED) is 0.835. The van der Waals surface area contributed by atoms with Gasteiger partial charge in [0.2, 0.25) is 5.89 Å². The fourth-order valence-corrected chi connectivity index (χ4v) is 3.04. The van der Waals surface area contributed by atoms with Crippen molar-refractivity contribution < 1.29 is 17.7 Å². The molecule has 0 radical (unpaired) electrons. The zero-order valence-electron chi connectivity index (χ0n) is 13.7. The van der Waals surface area contributed by atoms with Gasteiger partial charge in [0.1, 0.15) is 5.82 Å². The van der Waals surface area contributed by atoms with E-state index in [2.05, 4.69) is 20.0 Å². The molecule has 24 heavy (non-hydrogen) atoms. The number of nitrogens with zero attached hydrogens (tertiary/aromatic N) is 5. The highest BCUT2D eigenvalue weighted by atomic mass is 19.4. The highest BCUT2D eigenvalue weighted by molar-refractivity contribution is 5.10. The first-order chi connectivity index (χ1) is 11.3. The van der Waals surface area contributed by atoms with E-state index < -0.39 is 11.9 Å². The van der Waals surface area contributed by atoms with Crippen LogP contribution in [0, 0.1) is 5.92 Å². The van der Waals surface area contributed by atoms with E-state index in [1.165, 1.54) is 0 Å². The van der Waals surface area contributed by atoms with E-state index in [0.29, 0.717) is 43.5 Å². The number of alkyl halides is 3. The van der Waals surface area contributed by atoms with E-state index in [1.54, 1.807) is 4.57 Å². The fourth-order valence-electron chi connectivity index (χ4n) is 3.04. The average molecular weight is 343 g/mol. The van der Waals surface area contributed by atoms with Crippen LogP contribution in [0.15, 0.2) is 10.7 Å². The Kier molecular flexibility index (Phi) is 4.62. The maximum Gasteiger partial charge on any atom is 0.434 e. The number of rotatable bonds is 5. The Labute approximate surface area is 137 Å². The van der Waals surface area contributed by atoms with Crippen molar-refractivity contribution in [3.05, 3.63) is 29.4 Å². The molecule has 0 spiro atoms. The van der Waals surface area contributed by atoms with Crippen molar-refractivity contribution in [3.8, 4) is 0 Å². The Morgan fingerprint density at radius 3 is 2.83 bits per heavy atom. The molecule has 0 N–H and O–H groups in total. The van der Waals surface area contributed by atoms with Gasteiger partial charge in [-0.05, 0) is 19.4 Å². The van der Waals surface area contributed by atoms with E-state index in [9.17, 15) is 13.2 Å². The molecule has 0 amide bonds. The zero-order chi connectivity index (χ0) is 17.3. The lowest BCUT2D eigenvalue weighted by molar-refractivity contribution is -0.141. The summed E-state index contributed by atoms with van der Waals surface area (Å²) in [4.78, 5) is 10.0. The number of aryl methyl sites for hydroxylation is 2. The third-order valence-corrected chi connectivity index (χ3v) is 4.17. The SMILES string of the molecule is CCc1nc(CN(C)CC2CCc3nc(C(F)(F)F)cn3C2)no1. The minimum absolute atomic E-state index is 0.273. The molecule has 0 bridgehead atoms. The lowest BCUT2D eigenvalue weighted by Crippen LogP contribution is -2.31. The van der Waals surface area contributed by atoms with Crippen molar-refractivity contribution in [3.63, 3.8) is 0 Å². The summed E-state index contributed by atoms with van der Waals surface area (Å²) in [6.07, 6.45) is -1.17. The Hall–Kier alpha value is -1.90. The molecular weight excluding hydrogens is 323 g/mol. The van der Waals surface area contributed by atoms with Crippen LogP contribution in [0.5, 0.6) is 0 Å². The molecule has 1 atom stereocenters. The molecule has 6 nitrogen and oxygen atoms in total. The monoisotopic (exact) mass is 343 g/mol. The molecule has 0 fully saturated rings. The maximum absolute atomic E-state index is 12.7. The lowest BCUT2D eigenvalue weighted by atomic mass is 9.99. The van der Waals surface area contributed by atoms with Gasteiger partial charge >= 0.3 is 6.18 Å². The number of hydrogen-bond acceptors (Lipinski definition) is 5. The Morgan fingerprint density at radius 1 is 1.38 bits per heavy atom. The number of hydrogen-bond donors (Lipinski definition) is 0. The van der Waals surface area contributed by atoms with Gasteiger partial charge in [-0.3, -0.25) is 4.90 Å². The topological polar surface area (TPSA) is 60.0 Å². The van der Waals surface area contributed by atoms with E-state index in [0.717, 1.165) is 19.2 Å². The van der Waals surface area contributed by atoms with Crippen molar-refractivity contribution in [1.29, 1.82) is 0 Å². The summed E-state index contributed by atoms with van der Waals surface area (Å²) in [5, 5.41) is 3.92. The van der Waals surface area contributed by atoms with Crippen LogP contribution in [0.4, 0.5) is 13.2 Å². The first-order valence-electron chi connectivity index (χ1n) is 7.98. The van der Waals surface area contributed by atoms with Crippen LogP contribution >= 0.6 is 0 Å². The molecule has 2 aromatic heterocycles. The number of halogens is 3. The molecule has 0 aromatic carbocycles. The summed E-state index contributed by atoms with van der Waals surface area (Å²) in [5.74, 6) is 2.04. The van der Waals surface area contributed by atoms with Crippen LogP contribution in [0.2, 0.25) is 0 Å². The summed E-state index contributed by atoms with van der Waals surface area (Å²) in [7, 11) is 1.95. The first kappa shape index (κ1) is 16.9. The largest absolute Gasteiger partial charge is 0.434 e. The normalized spacial score (nSPS) is 18.2. The molecule has 3 rings (SSSR count). The van der Waals surface area contributed by atoms with Gasteiger partial charge in [-0.2, -0.15) is 18.2 Å². The second-order valence-corrected chi connectivity index (χ2v) is 6.25. The van der Waals surface area contributed by atoms with E-state index in [1.807, 2.05) is 14.0 Å². The molecule has 0 saturated heterocycles. The summed E-state index contributed by atoms with van der Waals surface area (Å²) in [6, 6.07) is 0. The molecule has 1 aliphatic heterocycles. The van der Waals surface area contributed by atoms with Gasteiger partial charge < -0.3 is 9.09 Å². The molecule has 1 unspecified atom stereocenters. The van der Waals surface area contributed by atoms with E-state index >= 15 is 0 Å². The third kappa shape index (κ3) is 3.77. The predicted octanol–water partition coefficient (Wildman–Crippen LogP) is 2.54. The second kappa shape index (κ2) is 6.54. The standard InChI is InChI=1S/C15H20F3N5O/c1-3-14-20-12(21-24-14)9-22(2)6-10-4-5-13-19-11(15(16,17)18)8-23(13)7-10/h8,10H,3-7,9H2,1-2H3. The average Bonchev–Trinajstić information content (AvgIpc) is 3.12. The minimum atomic E-state index is -4.38. The number of aromatic nitrogens is 4. The Balaban J connectivity index is 1.58. The van der Waals surface area contributed by atoms with Crippen LogP contribution in [0.1, 0.15) is 36.6 Å². The maximum atomic E-state index is 12.7. The zero-order valence-corrected chi connectivity index (χ0v) is 13.7. The van der Waals surface area contributed by atoms with Crippen LogP contribution in [-0.4, -0.2) is 38.2 Å². The molecule has 0 aliphatic carbocycles. The van der Waals surface area contributed by atoms with Gasteiger partial charge in [0.15, 0.2) is 11.5 Å². The third-order valence-electron chi connectivity index (χ3n) is 4.17. The van der Waals surface area contributed by atoms with Crippen molar-refractivity contribution >= 4 is 0 Å². The number of imidazole rings is 1. The smallest absolute Gasteiger partial charge is 0.339 e. The lowest BCUT2D eigenvalue weighted by Gasteiger charge is -2.27. The summed E-state index contributed by atoms with van der Waals surface area (Å²) in [5.41, 5.74) is -0.801.